The van der Waals surface area contributed by atoms with Gasteiger partial charge in [-0.15, -0.1) is 0 Å². The number of fused-ring (bicyclic) bond motifs is 6. The van der Waals surface area contributed by atoms with Gasteiger partial charge in [-0.05, 0) is 50.9 Å². The molecule has 0 bridgehead atoms. The van der Waals surface area contributed by atoms with Crippen LogP contribution in [-0.2, 0) is 0 Å². The van der Waals surface area contributed by atoms with E-state index in [1.807, 2.05) is 12.4 Å². The maximum atomic E-state index is 4.63. The van der Waals surface area contributed by atoms with Gasteiger partial charge in [0, 0.05) is 33.9 Å². The molecule has 0 fully saturated rings. The molecule has 0 aliphatic rings. The zero-order valence-corrected chi connectivity index (χ0v) is 20.1. The molecular formula is C35H22N2. The second-order valence-electron chi connectivity index (χ2n) is 9.59. The van der Waals surface area contributed by atoms with Gasteiger partial charge in [0.25, 0.3) is 0 Å². The van der Waals surface area contributed by atoms with Gasteiger partial charge >= 0.3 is 0 Å². The third-order valence-electron chi connectivity index (χ3n) is 7.66. The van der Waals surface area contributed by atoms with Crippen LogP contribution in [-0.4, -0.2) is 9.55 Å². The molecule has 8 aromatic rings. The maximum absolute atomic E-state index is 4.63. The molecule has 0 spiro atoms. The van der Waals surface area contributed by atoms with E-state index < -0.39 is 0 Å². The summed E-state index contributed by atoms with van der Waals surface area (Å²) in [6.45, 7) is 0. The largest absolute Gasteiger partial charge is 0.308 e. The van der Waals surface area contributed by atoms with Crippen molar-refractivity contribution in [3.05, 3.63) is 134 Å². The van der Waals surface area contributed by atoms with E-state index in [-0.39, 0.29) is 0 Å². The Morgan fingerprint density at radius 3 is 1.76 bits per heavy atom. The Morgan fingerprint density at radius 1 is 0.432 bits per heavy atom. The topological polar surface area (TPSA) is 17.8 Å². The van der Waals surface area contributed by atoms with E-state index in [0.29, 0.717) is 0 Å². The summed E-state index contributed by atoms with van der Waals surface area (Å²) in [5, 5.41) is 9.86. The highest BCUT2D eigenvalue weighted by atomic mass is 15.0. The number of rotatable bonds is 2. The monoisotopic (exact) mass is 470 g/mol. The standard InChI is InChI=1S/C35H22N2/c1-2-12-24-23(10-1)11-9-17-27(24)34-28-15-3-4-16-30(28)35(31-22-36-21-20-29(31)34)37-32-18-7-5-13-25(32)26-14-6-8-19-33(26)37/h1-22H. The summed E-state index contributed by atoms with van der Waals surface area (Å²) in [5.74, 6) is 0. The minimum atomic E-state index is 1.15. The first-order valence-electron chi connectivity index (χ1n) is 12.7. The van der Waals surface area contributed by atoms with Crippen LogP contribution in [0.2, 0.25) is 0 Å². The maximum Gasteiger partial charge on any atom is 0.0634 e. The number of para-hydroxylation sites is 2. The lowest BCUT2D eigenvalue weighted by molar-refractivity contribution is 1.21. The van der Waals surface area contributed by atoms with Crippen LogP contribution in [0, 0.1) is 0 Å². The van der Waals surface area contributed by atoms with E-state index in [1.54, 1.807) is 0 Å². The van der Waals surface area contributed by atoms with Crippen molar-refractivity contribution in [2.75, 3.05) is 0 Å². The third kappa shape index (κ3) is 2.84. The van der Waals surface area contributed by atoms with Gasteiger partial charge in [-0.2, -0.15) is 0 Å². The average Bonchev–Trinajstić information content (AvgIpc) is 3.30. The molecule has 0 N–H and O–H groups in total. The highest BCUT2D eigenvalue weighted by Gasteiger charge is 2.20. The Balaban J connectivity index is 1.62. The normalized spacial score (nSPS) is 11.8. The van der Waals surface area contributed by atoms with Crippen LogP contribution in [0.4, 0.5) is 0 Å². The first kappa shape index (κ1) is 20.3. The molecule has 0 atom stereocenters. The van der Waals surface area contributed by atoms with Crippen LogP contribution in [0.5, 0.6) is 0 Å². The third-order valence-corrected chi connectivity index (χ3v) is 7.66. The van der Waals surface area contributed by atoms with Crippen molar-refractivity contribution in [1.29, 1.82) is 0 Å². The average molecular weight is 471 g/mol. The van der Waals surface area contributed by atoms with Crippen LogP contribution >= 0.6 is 0 Å². The van der Waals surface area contributed by atoms with Crippen molar-refractivity contribution in [3.63, 3.8) is 0 Å². The summed E-state index contributed by atoms with van der Waals surface area (Å²) < 4.78 is 2.43. The first-order valence-corrected chi connectivity index (χ1v) is 12.7. The molecule has 2 aromatic heterocycles. The molecule has 2 nitrogen and oxygen atoms in total. The molecule has 8 rings (SSSR count). The molecule has 0 aliphatic carbocycles. The van der Waals surface area contributed by atoms with Crippen molar-refractivity contribution < 1.29 is 0 Å². The lowest BCUT2D eigenvalue weighted by Crippen LogP contribution is -1.99. The Bertz CT molecular complexity index is 2030. The van der Waals surface area contributed by atoms with Crippen molar-refractivity contribution in [2.45, 2.75) is 0 Å². The van der Waals surface area contributed by atoms with Crippen molar-refractivity contribution >= 4 is 54.1 Å². The summed E-state index contributed by atoms with van der Waals surface area (Å²) in [6.07, 6.45) is 3.96. The molecule has 0 aliphatic heterocycles. The molecule has 0 amide bonds. The Morgan fingerprint density at radius 2 is 1.00 bits per heavy atom. The quantitative estimate of drug-likeness (QED) is 0.230. The molecule has 0 saturated carbocycles. The zero-order chi connectivity index (χ0) is 24.3. The summed E-state index contributed by atoms with van der Waals surface area (Å²) >= 11 is 0. The summed E-state index contributed by atoms with van der Waals surface area (Å²) in [7, 11) is 0. The number of nitrogens with zero attached hydrogens (tertiary/aromatic N) is 2. The lowest BCUT2D eigenvalue weighted by Gasteiger charge is -2.20. The predicted octanol–water partition coefficient (Wildman–Crippen LogP) is 9.31. The SMILES string of the molecule is c1ccc2c(-c3c4ccccc4c(-n4c5ccccc5c5ccccc54)c4cnccc34)cccc2c1. The van der Waals surface area contributed by atoms with Crippen molar-refractivity contribution in [1.82, 2.24) is 9.55 Å². The number of benzene rings is 6. The highest BCUT2D eigenvalue weighted by Crippen LogP contribution is 2.44. The first-order chi connectivity index (χ1) is 18.4. The van der Waals surface area contributed by atoms with E-state index in [0.717, 1.165) is 5.39 Å². The molecule has 0 radical (unpaired) electrons. The van der Waals surface area contributed by atoms with Crippen molar-refractivity contribution in [3.8, 4) is 16.8 Å². The second kappa shape index (κ2) is 7.78. The fourth-order valence-corrected chi connectivity index (χ4v) is 6.14. The predicted molar refractivity (Wildman–Crippen MR) is 157 cm³/mol. The molecule has 6 aromatic carbocycles. The lowest BCUT2D eigenvalue weighted by atomic mass is 9.89. The molecule has 37 heavy (non-hydrogen) atoms. The molecule has 172 valence electrons. The number of hydrogen-bond donors (Lipinski definition) is 0. The molecule has 0 saturated heterocycles. The fourth-order valence-electron chi connectivity index (χ4n) is 6.14. The highest BCUT2D eigenvalue weighted by molar-refractivity contribution is 6.22. The fraction of sp³-hybridized carbons (Fsp3) is 0. The molecular weight excluding hydrogens is 448 g/mol. The van der Waals surface area contributed by atoms with E-state index in [9.17, 15) is 0 Å². The van der Waals surface area contributed by atoms with Gasteiger partial charge in [0.1, 0.15) is 0 Å². The number of pyridine rings is 1. The molecule has 2 heteroatoms. The van der Waals surface area contributed by atoms with E-state index >= 15 is 0 Å². The second-order valence-corrected chi connectivity index (χ2v) is 9.59. The van der Waals surface area contributed by atoms with Gasteiger partial charge in [0.2, 0.25) is 0 Å². The van der Waals surface area contributed by atoms with Crippen LogP contribution in [0.3, 0.4) is 0 Å². The minimum absolute atomic E-state index is 1.15. The number of hydrogen-bond acceptors (Lipinski definition) is 1. The van der Waals surface area contributed by atoms with Gasteiger partial charge < -0.3 is 4.57 Å². The summed E-state index contributed by atoms with van der Waals surface area (Å²) in [6, 6.07) is 43.7. The van der Waals surface area contributed by atoms with Crippen LogP contribution in [0.1, 0.15) is 0 Å². The zero-order valence-electron chi connectivity index (χ0n) is 20.1. The molecule has 0 unspecified atom stereocenters. The summed E-state index contributed by atoms with van der Waals surface area (Å²) in [5.41, 5.74) is 6.10. The van der Waals surface area contributed by atoms with Crippen LogP contribution in [0.15, 0.2) is 134 Å². The Kier molecular flexibility index (Phi) is 4.26. The van der Waals surface area contributed by atoms with Crippen LogP contribution in [0.25, 0.3) is 70.9 Å². The van der Waals surface area contributed by atoms with Gasteiger partial charge in [-0.3, -0.25) is 4.98 Å². The molecule has 2 heterocycles. The minimum Gasteiger partial charge on any atom is -0.308 e. The van der Waals surface area contributed by atoms with Crippen LogP contribution < -0.4 is 0 Å². The number of aromatic nitrogens is 2. The van der Waals surface area contributed by atoms with Gasteiger partial charge in [0.15, 0.2) is 0 Å². The van der Waals surface area contributed by atoms with Gasteiger partial charge in [0.05, 0.1) is 16.7 Å². The van der Waals surface area contributed by atoms with E-state index in [2.05, 4.69) is 131 Å². The Labute approximate surface area is 214 Å². The van der Waals surface area contributed by atoms with E-state index in [1.165, 1.54) is 65.6 Å². The summed E-state index contributed by atoms with van der Waals surface area (Å²) in [4.78, 5) is 4.63. The Hall–Kier alpha value is -4.95. The van der Waals surface area contributed by atoms with Gasteiger partial charge in [-0.1, -0.05) is 103 Å². The van der Waals surface area contributed by atoms with Gasteiger partial charge in [-0.25, -0.2) is 0 Å². The van der Waals surface area contributed by atoms with Crippen molar-refractivity contribution in [2.24, 2.45) is 0 Å². The smallest absolute Gasteiger partial charge is 0.0634 e. The van der Waals surface area contributed by atoms with E-state index in [4.69, 9.17) is 0 Å².